The van der Waals surface area contributed by atoms with Crippen molar-refractivity contribution in [2.24, 2.45) is 0 Å². The number of rotatable bonds is 0. The summed E-state index contributed by atoms with van der Waals surface area (Å²) in [5.41, 5.74) is 0. The van der Waals surface area contributed by atoms with E-state index in [9.17, 15) is 0 Å². The Morgan fingerprint density at radius 2 is 1.00 bits per heavy atom. The maximum absolute atomic E-state index is 0. The summed E-state index contributed by atoms with van der Waals surface area (Å²) >= 11 is 0. The predicted octanol–water partition coefficient (Wildman–Crippen LogP) is -6.15. The van der Waals surface area contributed by atoms with Gasteiger partial charge in [0.15, 0.2) is 0 Å². The van der Waals surface area contributed by atoms with Crippen molar-refractivity contribution in [1.29, 1.82) is 0 Å². The second kappa shape index (κ2) is 16.0. The van der Waals surface area contributed by atoms with Crippen molar-refractivity contribution in [3.8, 4) is 0 Å². The molecule has 0 atom stereocenters. The Bertz CT molecular complexity index is 11.5. The molecule has 0 aliphatic rings. The molecule has 0 amide bonds. The van der Waals surface area contributed by atoms with Crippen LogP contribution >= 0.6 is 0 Å². The maximum atomic E-state index is 0. The zero-order valence-electron chi connectivity index (χ0n) is 5.12. The van der Waals surface area contributed by atoms with Gasteiger partial charge in [0.25, 0.3) is 0 Å². The molecule has 0 radical (unpaired) electrons. The third-order valence-corrected chi connectivity index (χ3v) is 0. The van der Waals surface area contributed by atoms with E-state index in [2.05, 4.69) is 0 Å². The molecule has 4 heteroatoms. The normalized spacial score (nSPS) is 0. The molecule has 0 rings (SSSR count). The first-order valence-corrected chi connectivity index (χ1v) is 0. The topological polar surface area (TPSA) is 0 Å². The van der Waals surface area contributed by atoms with Crippen molar-refractivity contribution < 1.29 is 62.0 Å². The molecule has 0 nitrogen and oxygen atoms in total. The van der Waals surface area contributed by atoms with E-state index in [-0.39, 0.29) is 113 Å². The van der Waals surface area contributed by atoms with Gasteiger partial charge in [0.1, 0.15) is 0 Å². The molecule has 4 heavy (non-hydrogen) atoms. The SMILES string of the molecule is [Ca+2].[H-].[H-].[Na+].[Na+].[S-2]. The van der Waals surface area contributed by atoms with Gasteiger partial charge in [0, 0.05) is 0 Å². The van der Waals surface area contributed by atoms with Crippen molar-refractivity contribution in [3.63, 3.8) is 0 Å². The predicted molar refractivity (Wildman–Crippen MR) is 15.3 cm³/mol. The average molecular weight is 120 g/mol. The molecule has 0 aromatic carbocycles. The quantitative estimate of drug-likeness (QED) is 0.279. The van der Waals surface area contributed by atoms with Gasteiger partial charge in [0.2, 0.25) is 0 Å². The average Bonchev–Trinajstić information content (AvgIpc) is 0. The maximum Gasteiger partial charge on any atom is 2.00 e. The zero-order chi connectivity index (χ0) is 0. The minimum absolute atomic E-state index is 0. The molecular formula is H2CaNa2S. The molecule has 0 unspecified atom stereocenters. The largest absolute Gasteiger partial charge is 2.00 e. The fourth-order valence-electron chi connectivity index (χ4n) is 0. The summed E-state index contributed by atoms with van der Waals surface area (Å²) in [5, 5.41) is 0. The molecular weight excluding hydrogens is 118 g/mol. The van der Waals surface area contributed by atoms with Crippen LogP contribution in [0.15, 0.2) is 0 Å². The van der Waals surface area contributed by atoms with Crippen LogP contribution in [0.2, 0.25) is 0 Å². The zero-order valence-corrected chi connectivity index (χ0v) is 10.1. The summed E-state index contributed by atoms with van der Waals surface area (Å²) < 4.78 is 0. The summed E-state index contributed by atoms with van der Waals surface area (Å²) in [4.78, 5) is 0. The van der Waals surface area contributed by atoms with Crippen molar-refractivity contribution in [2.45, 2.75) is 0 Å². The Morgan fingerprint density at radius 1 is 1.00 bits per heavy atom. The molecule has 0 heterocycles. The fraction of sp³-hybridized carbons (Fsp3) is 0. The molecule has 0 bridgehead atoms. The summed E-state index contributed by atoms with van der Waals surface area (Å²) in [6, 6.07) is 0. The third kappa shape index (κ3) is 9.15. The van der Waals surface area contributed by atoms with E-state index in [1.54, 1.807) is 0 Å². The molecule has 0 aliphatic carbocycles. The van der Waals surface area contributed by atoms with Crippen molar-refractivity contribution in [3.05, 3.63) is 0 Å². The molecule has 12 valence electrons. The first-order valence-electron chi connectivity index (χ1n) is 0. The third-order valence-electron chi connectivity index (χ3n) is 0. The second-order valence-electron chi connectivity index (χ2n) is 0. The van der Waals surface area contributed by atoms with E-state index in [4.69, 9.17) is 0 Å². The molecule has 0 saturated carbocycles. The molecule has 0 spiro atoms. The van der Waals surface area contributed by atoms with Crippen LogP contribution in [0, 0.1) is 0 Å². The molecule has 0 aromatic rings. The summed E-state index contributed by atoms with van der Waals surface area (Å²) in [6.07, 6.45) is 0. The molecule has 0 aromatic heterocycles. The van der Waals surface area contributed by atoms with Gasteiger partial charge in [-0.15, -0.1) is 0 Å². The van der Waals surface area contributed by atoms with E-state index in [1.807, 2.05) is 0 Å². The van der Waals surface area contributed by atoms with Crippen LogP contribution in [0.5, 0.6) is 0 Å². The van der Waals surface area contributed by atoms with Crippen LogP contribution in [0.4, 0.5) is 0 Å². The van der Waals surface area contributed by atoms with Gasteiger partial charge in [-0.25, -0.2) is 0 Å². The minimum Gasteiger partial charge on any atom is -2.00 e. The molecule has 0 fully saturated rings. The van der Waals surface area contributed by atoms with Crippen molar-refractivity contribution in [1.82, 2.24) is 0 Å². The standard InChI is InChI=1S/Ca.2Na.S.2H/q+2;2*+1;-2;2*-1. The Balaban J connectivity index is 0. The molecule has 0 N–H and O–H groups in total. The number of hydrogen-bond acceptors (Lipinski definition) is 0. The monoisotopic (exact) mass is 120 g/mol. The van der Waals surface area contributed by atoms with Crippen molar-refractivity contribution in [2.75, 3.05) is 0 Å². The Labute approximate surface area is 110 Å². The first-order chi connectivity index (χ1) is 0. The molecule has 0 aliphatic heterocycles. The molecule has 0 saturated heterocycles. The number of hydrogen-bond donors (Lipinski definition) is 0. The van der Waals surface area contributed by atoms with Gasteiger partial charge in [0.05, 0.1) is 0 Å². The summed E-state index contributed by atoms with van der Waals surface area (Å²) in [6.45, 7) is 0. The van der Waals surface area contributed by atoms with E-state index in [0.717, 1.165) is 0 Å². The smallest absolute Gasteiger partial charge is 2.00 e. The van der Waals surface area contributed by atoms with Gasteiger partial charge in [-0.1, -0.05) is 0 Å². The summed E-state index contributed by atoms with van der Waals surface area (Å²) in [5.74, 6) is 0. The second-order valence-corrected chi connectivity index (χ2v) is 0. The Morgan fingerprint density at radius 3 is 1.00 bits per heavy atom. The van der Waals surface area contributed by atoms with Gasteiger partial charge in [-0.05, 0) is 0 Å². The van der Waals surface area contributed by atoms with Gasteiger partial charge in [-0.2, -0.15) is 0 Å². The van der Waals surface area contributed by atoms with Crippen LogP contribution in [0.1, 0.15) is 2.85 Å². The van der Waals surface area contributed by atoms with Crippen LogP contribution in [-0.4, -0.2) is 37.7 Å². The van der Waals surface area contributed by atoms with Crippen LogP contribution in [0.25, 0.3) is 0 Å². The first kappa shape index (κ1) is 25.5. The summed E-state index contributed by atoms with van der Waals surface area (Å²) in [7, 11) is 0. The minimum atomic E-state index is 0. The Hall–Kier alpha value is 3.61. The fourth-order valence-corrected chi connectivity index (χ4v) is 0. The van der Waals surface area contributed by atoms with Crippen LogP contribution < -0.4 is 59.1 Å². The van der Waals surface area contributed by atoms with Crippen molar-refractivity contribution >= 4 is 51.2 Å². The van der Waals surface area contributed by atoms with Crippen LogP contribution in [-0.2, 0) is 13.5 Å². The van der Waals surface area contributed by atoms with Gasteiger partial charge < -0.3 is 16.3 Å². The van der Waals surface area contributed by atoms with E-state index < -0.39 is 0 Å². The van der Waals surface area contributed by atoms with Crippen LogP contribution in [0.3, 0.4) is 0 Å². The van der Waals surface area contributed by atoms with E-state index >= 15 is 0 Å². The Kier molecular flexibility index (Phi) is 102. The van der Waals surface area contributed by atoms with Gasteiger partial charge >= 0.3 is 96.9 Å². The van der Waals surface area contributed by atoms with Gasteiger partial charge in [-0.3, -0.25) is 0 Å². The van der Waals surface area contributed by atoms with E-state index in [1.165, 1.54) is 0 Å². The van der Waals surface area contributed by atoms with E-state index in [0.29, 0.717) is 0 Å².